The average molecular weight is 269 g/mol. The quantitative estimate of drug-likeness (QED) is 0.552. The molecule has 0 amide bonds. The van der Waals surface area contributed by atoms with Gasteiger partial charge in [0.05, 0.1) is 0 Å². The molecule has 0 radical (unpaired) electrons. The zero-order chi connectivity index (χ0) is 13.4. The molecule has 0 fully saturated rings. The van der Waals surface area contributed by atoms with Crippen LogP contribution in [0.2, 0.25) is 0 Å². The van der Waals surface area contributed by atoms with Gasteiger partial charge in [0.1, 0.15) is 5.82 Å². The first-order chi connectivity index (χ1) is 8.65. The number of rotatable bonds is 8. The van der Waals surface area contributed by atoms with Gasteiger partial charge in [0.15, 0.2) is 0 Å². The molecule has 1 atom stereocenters. The second kappa shape index (κ2) is 8.54. The highest BCUT2D eigenvalue weighted by atomic mass is 32.2. The number of benzene rings is 1. The van der Waals surface area contributed by atoms with E-state index in [1.54, 1.807) is 23.9 Å². The first-order valence-electron chi connectivity index (χ1n) is 6.78. The van der Waals surface area contributed by atoms with Crippen molar-refractivity contribution in [2.75, 3.05) is 12.3 Å². The molecule has 1 aromatic rings. The minimum Gasteiger partial charge on any atom is -0.313 e. The van der Waals surface area contributed by atoms with E-state index in [9.17, 15) is 4.39 Å². The summed E-state index contributed by atoms with van der Waals surface area (Å²) in [5, 5.41) is 3.31. The van der Waals surface area contributed by atoms with Crippen molar-refractivity contribution in [2.24, 2.45) is 5.92 Å². The maximum atomic E-state index is 13.5. The Kier molecular flexibility index (Phi) is 7.36. The Balaban J connectivity index is 2.56. The van der Waals surface area contributed by atoms with Crippen molar-refractivity contribution >= 4 is 11.8 Å². The van der Waals surface area contributed by atoms with E-state index in [4.69, 9.17) is 0 Å². The zero-order valence-corrected chi connectivity index (χ0v) is 12.4. The fourth-order valence-corrected chi connectivity index (χ4v) is 2.72. The van der Waals surface area contributed by atoms with E-state index in [1.165, 1.54) is 6.42 Å². The van der Waals surface area contributed by atoms with Crippen molar-refractivity contribution in [3.63, 3.8) is 0 Å². The molecule has 0 aliphatic carbocycles. The Labute approximate surface area is 115 Å². The van der Waals surface area contributed by atoms with Crippen molar-refractivity contribution < 1.29 is 4.39 Å². The van der Waals surface area contributed by atoms with Crippen LogP contribution >= 0.6 is 11.8 Å². The third-order valence-corrected chi connectivity index (χ3v) is 4.22. The number of hydrogen-bond acceptors (Lipinski definition) is 2. The van der Waals surface area contributed by atoms with Gasteiger partial charge in [-0.1, -0.05) is 27.2 Å². The Morgan fingerprint density at radius 1 is 1.28 bits per heavy atom. The highest BCUT2D eigenvalue weighted by Crippen LogP contribution is 2.24. The predicted molar refractivity (Wildman–Crippen MR) is 78.6 cm³/mol. The summed E-state index contributed by atoms with van der Waals surface area (Å²) in [4.78, 5) is 1.04. The summed E-state index contributed by atoms with van der Waals surface area (Å²) in [6.45, 7) is 8.28. The van der Waals surface area contributed by atoms with Crippen LogP contribution < -0.4 is 5.32 Å². The number of hydrogen-bond donors (Lipinski definition) is 1. The van der Waals surface area contributed by atoms with Crippen LogP contribution in [0.15, 0.2) is 23.1 Å². The van der Waals surface area contributed by atoms with Crippen molar-refractivity contribution in [1.82, 2.24) is 5.32 Å². The SMILES string of the molecule is CCCNCc1cc(F)cc(SCC(C)CC)c1. The highest BCUT2D eigenvalue weighted by Gasteiger charge is 2.04. The molecular formula is C15H24FNS. The largest absolute Gasteiger partial charge is 0.313 e. The van der Waals surface area contributed by atoms with Crippen LogP contribution in [0.4, 0.5) is 4.39 Å². The summed E-state index contributed by atoms with van der Waals surface area (Å²) in [7, 11) is 0. The number of nitrogens with one attached hydrogen (secondary N) is 1. The molecule has 1 unspecified atom stereocenters. The average Bonchev–Trinajstić information content (AvgIpc) is 2.35. The van der Waals surface area contributed by atoms with Gasteiger partial charge in [0, 0.05) is 17.2 Å². The highest BCUT2D eigenvalue weighted by molar-refractivity contribution is 7.99. The lowest BCUT2D eigenvalue weighted by molar-refractivity contribution is 0.614. The van der Waals surface area contributed by atoms with Crippen LogP contribution in [0.5, 0.6) is 0 Å². The third-order valence-electron chi connectivity index (χ3n) is 2.92. The summed E-state index contributed by atoms with van der Waals surface area (Å²) >= 11 is 1.75. The van der Waals surface area contributed by atoms with Gasteiger partial charge in [0.2, 0.25) is 0 Å². The molecule has 0 saturated carbocycles. The van der Waals surface area contributed by atoms with Crippen LogP contribution in [0, 0.1) is 11.7 Å². The molecule has 0 saturated heterocycles. The Bertz CT molecular complexity index is 354. The summed E-state index contributed by atoms with van der Waals surface area (Å²) in [5.41, 5.74) is 1.04. The normalized spacial score (nSPS) is 12.7. The fourth-order valence-electron chi connectivity index (χ4n) is 1.57. The van der Waals surface area contributed by atoms with E-state index in [2.05, 4.69) is 32.2 Å². The fraction of sp³-hybridized carbons (Fsp3) is 0.600. The van der Waals surface area contributed by atoms with Crippen molar-refractivity contribution in [3.05, 3.63) is 29.6 Å². The Hall–Kier alpha value is -0.540. The molecule has 1 N–H and O–H groups in total. The van der Waals surface area contributed by atoms with E-state index in [0.29, 0.717) is 5.92 Å². The number of halogens is 1. The van der Waals surface area contributed by atoms with E-state index < -0.39 is 0 Å². The topological polar surface area (TPSA) is 12.0 Å². The minimum atomic E-state index is -0.127. The molecule has 0 bridgehead atoms. The lowest BCUT2D eigenvalue weighted by Crippen LogP contribution is -2.13. The molecule has 0 aliphatic rings. The smallest absolute Gasteiger partial charge is 0.124 e. The van der Waals surface area contributed by atoms with Crippen LogP contribution in [-0.4, -0.2) is 12.3 Å². The van der Waals surface area contributed by atoms with Crippen molar-refractivity contribution in [2.45, 2.75) is 45.1 Å². The Morgan fingerprint density at radius 3 is 2.72 bits per heavy atom. The van der Waals surface area contributed by atoms with Crippen LogP contribution in [0.3, 0.4) is 0 Å². The van der Waals surface area contributed by atoms with Gasteiger partial charge >= 0.3 is 0 Å². The maximum Gasteiger partial charge on any atom is 0.124 e. The van der Waals surface area contributed by atoms with E-state index >= 15 is 0 Å². The first-order valence-corrected chi connectivity index (χ1v) is 7.77. The van der Waals surface area contributed by atoms with E-state index in [0.717, 1.165) is 35.7 Å². The summed E-state index contributed by atoms with van der Waals surface area (Å²) < 4.78 is 13.5. The van der Waals surface area contributed by atoms with Gasteiger partial charge in [-0.2, -0.15) is 0 Å². The molecule has 1 nitrogen and oxygen atoms in total. The second-order valence-electron chi connectivity index (χ2n) is 4.80. The molecule has 1 aromatic carbocycles. The monoisotopic (exact) mass is 269 g/mol. The molecule has 18 heavy (non-hydrogen) atoms. The summed E-state index contributed by atoms with van der Waals surface area (Å²) in [6.07, 6.45) is 2.28. The van der Waals surface area contributed by atoms with Crippen molar-refractivity contribution in [1.29, 1.82) is 0 Å². The van der Waals surface area contributed by atoms with Crippen molar-refractivity contribution in [3.8, 4) is 0 Å². The van der Waals surface area contributed by atoms with Gasteiger partial charge in [-0.05, 0) is 42.6 Å². The summed E-state index contributed by atoms with van der Waals surface area (Å²) in [6, 6.07) is 5.35. The van der Waals surface area contributed by atoms with Gasteiger partial charge in [-0.3, -0.25) is 0 Å². The molecule has 0 aliphatic heterocycles. The molecule has 0 aromatic heterocycles. The van der Waals surface area contributed by atoms with Gasteiger partial charge in [-0.15, -0.1) is 11.8 Å². The lowest BCUT2D eigenvalue weighted by atomic mass is 10.2. The standard InChI is InChI=1S/C15H24FNS/c1-4-6-17-10-13-7-14(16)9-15(8-13)18-11-12(3)5-2/h7-9,12,17H,4-6,10-11H2,1-3H3. The second-order valence-corrected chi connectivity index (χ2v) is 5.89. The molecule has 102 valence electrons. The lowest BCUT2D eigenvalue weighted by Gasteiger charge is -2.10. The summed E-state index contributed by atoms with van der Waals surface area (Å²) in [5.74, 6) is 1.61. The minimum absolute atomic E-state index is 0.127. The van der Waals surface area contributed by atoms with Crippen LogP contribution in [0.25, 0.3) is 0 Å². The first kappa shape index (κ1) is 15.5. The van der Waals surface area contributed by atoms with E-state index in [1.807, 2.05) is 0 Å². The predicted octanol–water partition coefficient (Wildman–Crippen LogP) is 4.46. The number of thioether (sulfide) groups is 1. The maximum absolute atomic E-state index is 13.5. The molecule has 1 rings (SSSR count). The molecule has 3 heteroatoms. The molecule has 0 heterocycles. The van der Waals surface area contributed by atoms with Gasteiger partial charge in [0.25, 0.3) is 0 Å². The van der Waals surface area contributed by atoms with Gasteiger partial charge < -0.3 is 5.32 Å². The Morgan fingerprint density at radius 2 is 2.06 bits per heavy atom. The van der Waals surface area contributed by atoms with Crippen LogP contribution in [-0.2, 0) is 6.54 Å². The molecule has 0 spiro atoms. The van der Waals surface area contributed by atoms with E-state index in [-0.39, 0.29) is 5.82 Å². The zero-order valence-electron chi connectivity index (χ0n) is 11.6. The third kappa shape index (κ3) is 5.87. The van der Waals surface area contributed by atoms with Gasteiger partial charge in [-0.25, -0.2) is 4.39 Å². The molecular weight excluding hydrogens is 245 g/mol. The van der Waals surface area contributed by atoms with Crippen LogP contribution in [0.1, 0.15) is 39.2 Å².